The van der Waals surface area contributed by atoms with E-state index in [-0.39, 0.29) is 24.1 Å². The van der Waals surface area contributed by atoms with Gasteiger partial charge in [-0.1, -0.05) is 6.07 Å². The molecule has 1 aliphatic heterocycles. The highest BCUT2D eigenvalue weighted by Gasteiger charge is 2.33. The number of nitrogens with zero attached hydrogens (tertiary/aromatic N) is 1. The van der Waals surface area contributed by atoms with Gasteiger partial charge in [-0.15, -0.1) is 11.3 Å². The maximum Gasteiger partial charge on any atom is 0.249 e. The summed E-state index contributed by atoms with van der Waals surface area (Å²) in [5.74, 6) is -0.635. The second kappa shape index (κ2) is 6.27. The Kier molecular flexibility index (Phi) is 4.20. The van der Waals surface area contributed by atoms with Gasteiger partial charge in [0.2, 0.25) is 11.8 Å². The largest absolute Gasteiger partial charge is 0.344 e. The average molecular weight is 318 g/mol. The van der Waals surface area contributed by atoms with Gasteiger partial charge in [0, 0.05) is 17.1 Å². The molecular formula is C16H15FN2O2S. The summed E-state index contributed by atoms with van der Waals surface area (Å²) in [6.07, 6.45) is 0.852. The number of halogens is 1. The molecule has 0 aliphatic carbocycles. The van der Waals surface area contributed by atoms with Crippen LogP contribution in [0.4, 0.5) is 10.1 Å². The van der Waals surface area contributed by atoms with Crippen LogP contribution in [-0.4, -0.2) is 24.4 Å². The van der Waals surface area contributed by atoms with Crippen molar-refractivity contribution in [3.05, 3.63) is 52.5 Å². The van der Waals surface area contributed by atoms with Gasteiger partial charge in [-0.2, -0.15) is 0 Å². The highest BCUT2D eigenvalue weighted by molar-refractivity contribution is 7.10. The number of hydrogen-bond acceptors (Lipinski definition) is 3. The zero-order valence-corrected chi connectivity index (χ0v) is 12.6. The molecule has 1 saturated heterocycles. The van der Waals surface area contributed by atoms with E-state index in [0.29, 0.717) is 18.7 Å². The van der Waals surface area contributed by atoms with E-state index >= 15 is 0 Å². The molecule has 1 N–H and O–H groups in total. The molecule has 2 amide bonds. The van der Waals surface area contributed by atoms with Gasteiger partial charge in [0.05, 0.1) is 6.42 Å². The molecule has 6 heteroatoms. The summed E-state index contributed by atoms with van der Waals surface area (Å²) in [5.41, 5.74) is 0.654. The van der Waals surface area contributed by atoms with E-state index in [1.54, 1.807) is 17.0 Å². The summed E-state index contributed by atoms with van der Waals surface area (Å²) < 4.78 is 12.9. The van der Waals surface area contributed by atoms with Crippen LogP contribution in [0.1, 0.15) is 11.3 Å². The lowest BCUT2D eigenvalue weighted by atomic mass is 10.2. The molecule has 2 heterocycles. The SMILES string of the molecule is O=C(Cc1cccs1)N[C@H]1CCN(c2ccc(F)cc2)C1=O. The average Bonchev–Trinajstić information content (AvgIpc) is 3.11. The molecule has 114 valence electrons. The Bertz CT molecular complexity index is 670. The molecule has 1 fully saturated rings. The molecule has 0 spiro atoms. The zero-order valence-electron chi connectivity index (χ0n) is 11.8. The Labute approximate surface area is 131 Å². The van der Waals surface area contributed by atoms with Crippen molar-refractivity contribution in [2.24, 2.45) is 0 Å². The fourth-order valence-electron chi connectivity index (χ4n) is 2.51. The second-order valence-corrected chi connectivity index (χ2v) is 6.16. The van der Waals surface area contributed by atoms with E-state index in [9.17, 15) is 14.0 Å². The Balaban J connectivity index is 1.61. The number of carbonyl (C=O) groups is 2. The molecule has 0 bridgehead atoms. The Morgan fingerprint density at radius 2 is 2.09 bits per heavy atom. The minimum Gasteiger partial charge on any atom is -0.344 e. The van der Waals surface area contributed by atoms with Crippen LogP contribution in [0.5, 0.6) is 0 Å². The molecule has 2 aromatic rings. The predicted octanol–water partition coefficient (Wildman–Crippen LogP) is 2.35. The van der Waals surface area contributed by atoms with Crippen LogP contribution in [0.25, 0.3) is 0 Å². The minimum absolute atomic E-state index is 0.147. The molecule has 1 aromatic carbocycles. The van der Waals surface area contributed by atoms with Gasteiger partial charge in [0.15, 0.2) is 0 Å². The lowest BCUT2D eigenvalue weighted by Crippen LogP contribution is -2.42. The van der Waals surface area contributed by atoms with E-state index < -0.39 is 6.04 Å². The fraction of sp³-hybridized carbons (Fsp3) is 0.250. The van der Waals surface area contributed by atoms with E-state index in [1.807, 2.05) is 17.5 Å². The van der Waals surface area contributed by atoms with Crippen LogP contribution in [-0.2, 0) is 16.0 Å². The predicted molar refractivity (Wildman–Crippen MR) is 83.3 cm³/mol. The first-order chi connectivity index (χ1) is 10.6. The molecule has 1 aliphatic rings. The Morgan fingerprint density at radius 3 is 2.77 bits per heavy atom. The van der Waals surface area contributed by atoms with Crippen LogP contribution in [0.3, 0.4) is 0 Å². The molecule has 0 unspecified atom stereocenters. The summed E-state index contributed by atoms with van der Waals surface area (Å²) in [6, 6.07) is 9.08. The first-order valence-corrected chi connectivity index (χ1v) is 7.90. The highest BCUT2D eigenvalue weighted by atomic mass is 32.1. The van der Waals surface area contributed by atoms with E-state index in [0.717, 1.165) is 4.88 Å². The van der Waals surface area contributed by atoms with Crippen LogP contribution in [0.15, 0.2) is 41.8 Å². The maximum absolute atomic E-state index is 12.9. The van der Waals surface area contributed by atoms with Gasteiger partial charge in [-0.25, -0.2) is 4.39 Å². The summed E-state index contributed by atoms with van der Waals surface area (Å²) in [5, 5.41) is 4.70. The minimum atomic E-state index is -0.502. The lowest BCUT2D eigenvalue weighted by molar-refractivity contribution is -0.126. The van der Waals surface area contributed by atoms with Crippen LogP contribution in [0, 0.1) is 5.82 Å². The number of anilines is 1. The number of rotatable bonds is 4. The fourth-order valence-corrected chi connectivity index (χ4v) is 3.21. The molecule has 3 rings (SSSR count). The zero-order chi connectivity index (χ0) is 15.5. The monoisotopic (exact) mass is 318 g/mol. The first-order valence-electron chi connectivity index (χ1n) is 7.02. The lowest BCUT2D eigenvalue weighted by Gasteiger charge is -2.17. The van der Waals surface area contributed by atoms with Gasteiger partial charge >= 0.3 is 0 Å². The van der Waals surface area contributed by atoms with Crippen molar-refractivity contribution >= 4 is 28.8 Å². The summed E-state index contributed by atoms with van der Waals surface area (Å²) in [7, 11) is 0. The van der Waals surface area contributed by atoms with Crippen LogP contribution >= 0.6 is 11.3 Å². The first kappa shape index (κ1) is 14.7. The molecule has 1 aromatic heterocycles. The maximum atomic E-state index is 12.9. The highest BCUT2D eigenvalue weighted by Crippen LogP contribution is 2.22. The van der Waals surface area contributed by atoms with E-state index in [2.05, 4.69) is 5.32 Å². The van der Waals surface area contributed by atoms with Gasteiger partial charge in [0.25, 0.3) is 0 Å². The normalized spacial score (nSPS) is 17.8. The van der Waals surface area contributed by atoms with Crippen molar-refractivity contribution in [3.63, 3.8) is 0 Å². The van der Waals surface area contributed by atoms with Crippen molar-refractivity contribution < 1.29 is 14.0 Å². The van der Waals surface area contributed by atoms with Gasteiger partial charge < -0.3 is 10.2 Å². The third kappa shape index (κ3) is 3.17. The molecule has 0 radical (unpaired) electrons. The molecule has 1 atom stereocenters. The van der Waals surface area contributed by atoms with Gasteiger partial charge in [-0.05, 0) is 42.1 Å². The Morgan fingerprint density at radius 1 is 1.32 bits per heavy atom. The van der Waals surface area contributed by atoms with Crippen molar-refractivity contribution in [2.75, 3.05) is 11.4 Å². The number of amides is 2. The van der Waals surface area contributed by atoms with Crippen molar-refractivity contribution in [3.8, 4) is 0 Å². The summed E-state index contributed by atoms with van der Waals surface area (Å²) >= 11 is 1.52. The molecule has 22 heavy (non-hydrogen) atoms. The number of nitrogens with one attached hydrogen (secondary N) is 1. The number of thiophene rings is 1. The van der Waals surface area contributed by atoms with Gasteiger partial charge in [-0.3, -0.25) is 9.59 Å². The van der Waals surface area contributed by atoms with Crippen molar-refractivity contribution in [1.29, 1.82) is 0 Å². The summed E-state index contributed by atoms with van der Waals surface area (Å²) in [6.45, 7) is 0.522. The second-order valence-electron chi connectivity index (χ2n) is 5.13. The van der Waals surface area contributed by atoms with Crippen molar-refractivity contribution in [1.82, 2.24) is 5.32 Å². The number of carbonyl (C=O) groups excluding carboxylic acids is 2. The van der Waals surface area contributed by atoms with Gasteiger partial charge in [0.1, 0.15) is 11.9 Å². The third-order valence-corrected chi connectivity index (χ3v) is 4.47. The molecule has 4 nitrogen and oxygen atoms in total. The number of hydrogen-bond donors (Lipinski definition) is 1. The number of benzene rings is 1. The topological polar surface area (TPSA) is 49.4 Å². The van der Waals surface area contributed by atoms with E-state index in [1.165, 1.54) is 23.5 Å². The Hall–Kier alpha value is -2.21. The smallest absolute Gasteiger partial charge is 0.249 e. The standard InChI is InChI=1S/C16H15FN2O2S/c17-11-3-5-12(6-4-11)19-8-7-14(16(19)21)18-15(20)10-13-2-1-9-22-13/h1-6,9,14H,7-8,10H2,(H,18,20)/t14-/m0/s1. The van der Waals surface area contributed by atoms with E-state index in [4.69, 9.17) is 0 Å². The summed E-state index contributed by atoms with van der Waals surface area (Å²) in [4.78, 5) is 26.9. The van der Waals surface area contributed by atoms with Crippen LogP contribution < -0.4 is 10.2 Å². The quantitative estimate of drug-likeness (QED) is 0.941. The van der Waals surface area contributed by atoms with Crippen molar-refractivity contribution in [2.45, 2.75) is 18.9 Å². The molecule has 0 saturated carbocycles. The molecular weight excluding hydrogens is 303 g/mol. The third-order valence-electron chi connectivity index (χ3n) is 3.59. The van der Waals surface area contributed by atoms with Crippen LogP contribution in [0.2, 0.25) is 0 Å².